The minimum atomic E-state index is -0.153. The second-order valence-corrected chi connectivity index (χ2v) is 11.7. The molecule has 2 aromatic heterocycles. The number of likely N-dealkylation sites (N-methyl/N-ethyl adjacent to an activating group) is 1. The van der Waals surface area contributed by atoms with Crippen LogP contribution in [0.5, 0.6) is 5.75 Å². The molecule has 3 aromatic carbocycles. The van der Waals surface area contributed by atoms with Crippen LogP contribution in [0.25, 0.3) is 11.3 Å². The van der Waals surface area contributed by atoms with Crippen LogP contribution in [-0.4, -0.2) is 58.9 Å². The summed E-state index contributed by atoms with van der Waals surface area (Å²) in [5.41, 5.74) is 7.20. The maximum absolute atomic E-state index is 13.1. The second-order valence-electron chi connectivity index (χ2n) is 11.7. The normalized spacial score (nSPS) is 13.7. The van der Waals surface area contributed by atoms with Crippen molar-refractivity contribution in [2.24, 2.45) is 5.90 Å². The van der Waals surface area contributed by atoms with Crippen molar-refractivity contribution in [1.29, 1.82) is 0 Å². The zero-order chi connectivity index (χ0) is 31.9. The van der Waals surface area contributed by atoms with E-state index in [4.69, 9.17) is 15.7 Å². The molecule has 46 heavy (non-hydrogen) atoms. The van der Waals surface area contributed by atoms with Crippen LogP contribution in [0.3, 0.4) is 0 Å². The van der Waals surface area contributed by atoms with E-state index >= 15 is 0 Å². The Morgan fingerprint density at radius 3 is 2.48 bits per heavy atom. The predicted octanol–water partition coefficient (Wildman–Crippen LogP) is 4.78. The van der Waals surface area contributed by atoms with Crippen molar-refractivity contribution in [3.05, 3.63) is 126 Å². The largest absolute Gasteiger partial charge is 0.412 e. The summed E-state index contributed by atoms with van der Waals surface area (Å²) in [4.78, 5) is 31.9. The lowest BCUT2D eigenvalue weighted by Gasteiger charge is -2.32. The highest BCUT2D eigenvalue weighted by Gasteiger charge is 2.15. The monoisotopic (exact) mass is 615 g/mol. The lowest BCUT2D eigenvalue weighted by atomic mass is 10.1. The molecule has 1 fully saturated rings. The minimum Gasteiger partial charge on any atom is -0.412 e. The average molecular weight is 616 g/mol. The van der Waals surface area contributed by atoms with Gasteiger partial charge in [0.2, 0.25) is 5.95 Å². The lowest BCUT2D eigenvalue weighted by Crippen LogP contribution is -2.43. The Bertz CT molecular complexity index is 1790. The van der Waals surface area contributed by atoms with Gasteiger partial charge in [-0.2, -0.15) is 5.90 Å². The molecule has 1 saturated heterocycles. The number of aromatic nitrogens is 3. The highest BCUT2D eigenvalue weighted by Crippen LogP contribution is 2.25. The summed E-state index contributed by atoms with van der Waals surface area (Å²) in [6, 6.07) is 27.2. The smallest absolute Gasteiger partial charge is 0.255 e. The molecule has 3 heterocycles. The quantitative estimate of drug-likeness (QED) is 0.152. The van der Waals surface area contributed by atoms with Crippen molar-refractivity contribution >= 4 is 23.2 Å². The van der Waals surface area contributed by atoms with Crippen LogP contribution < -0.4 is 25.9 Å². The van der Waals surface area contributed by atoms with E-state index in [-0.39, 0.29) is 5.91 Å². The van der Waals surface area contributed by atoms with Crippen LogP contribution in [0, 0.1) is 6.92 Å². The molecule has 1 amide bonds. The Hall–Kier alpha value is -5.16. The maximum Gasteiger partial charge on any atom is 0.255 e. The van der Waals surface area contributed by atoms with E-state index in [9.17, 15) is 4.79 Å². The zero-order valence-corrected chi connectivity index (χ0v) is 26.2. The lowest BCUT2D eigenvalue weighted by molar-refractivity contribution is -0.687. The van der Waals surface area contributed by atoms with Gasteiger partial charge in [0.15, 0.2) is 18.9 Å². The first-order valence-corrected chi connectivity index (χ1v) is 15.4. The number of aryl methyl sites for hydroxylation is 1. The highest BCUT2D eigenvalue weighted by atomic mass is 16.6. The van der Waals surface area contributed by atoms with E-state index in [2.05, 4.69) is 43.2 Å². The van der Waals surface area contributed by atoms with E-state index in [0.29, 0.717) is 29.5 Å². The van der Waals surface area contributed by atoms with E-state index in [0.717, 1.165) is 60.8 Å². The number of benzene rings is 3. The van der Waals surface area contributed by atoms with Crippen molar-refractivity contribution in [2.45, 2.75) is 20.0 Å². The van der Waals surface area contributed by atoms with E-state index in [1.54, 1.807) is 6.20 Å². The third-order valence-electron chi connectivity index (χ3n) is 8.19. The fraction of sp³-hybridized carbons (Fsp3) is 0.222. The summed E-state index contributed by atoms with van der Waals surface area (Å²) in [6.45, 7) is 7.88. The van der Waals surface area contributed by atoms with Gasteiger partial charge >= 0.3 is 0 Å². The number of carbonyl (C=O) groups is 1. The number of pyridine rings is 1. The summed E-state index contributed by atoms with van der Waals surface area (Å²) in [6.07, 6.45) is 5.81. The Morgan fingerprint density at radius 1 is 0.957 bits per heavy atom. The SMILES string of the molecule is Cc1ccc(NC(=O)c2ccc(CN3CCN(C)CC3)cc2)cc1Nc1nccc(-c2ccc[n+](Cc3ccc(ON)cc3)c2)n1. The summed E-state index contributed by atoms with van der Waals surface area (Å²) in [5.74, 6) is 6.17. The van der Waals surface area contributed by atoms with Gasteiger partial charge in [-0.25, -0.2) is 14.5 Å². The highest BCUT2D eigenvalue weighted by molar-refractivity contribution is 6.04. The summed E-state index contributed by atoms with van der Waals surface area (Å²) in [5, 5.41) is 6.38. The number of piperazine rings is 1. The number of nitrogens with two attached hydrogens (primary N) is 1. The molecular formula is C36H39N8O2+. The van der Waals surface area contributed by atoms with Gasteiger partial charge in [0.25, 0.3) is 5.91 Å². The topological polar surface area (TPSA) is 113 Å². The number of amides is 1. The molecule has 234 valence electrons. The molecule has 0 bridgehead atoms. The predicted molar refractivity (Wildman–Crippen MR) is 180 cm³/mol. The van der Waals surface area contributed by atoms with Crippen LogP contribution in [0.15, 0.2) is 104 Å². The van der Waals surface area contributed by atoms with Gasteiger partial charge < -0.3 is 20.4 Å². The fourth-order valence-corrected chi connectivity index (χ4v) is 5.42. The first-order chi connectivity index (χ1) is 22.4. The third-order valence-corrected chi connectivity index (χ3v) is 8.19. The Balaban J connectivity index is 1.10. The van der Waals surface area contributed by atoms with Gasteiger partial charge in [0, 0.05) is 67.5 Å². The van der Waals surface area contributed by atoms with Crippen LogP contribution in [0.2, 0.25) is 0 Å². The molecule has 0 atom stereocenters. The molecule has 5 aromatic rings. The molecule has 6 rings (SSSR count). The van der Waals surface area contributed by atoms with Crippen LogP contribution in [0.4, 0.5) is 17.3 Å². The van der Waals surface area contributed by atoms with Gasteiger partial charge in [-0.1, -0.05) is 18.2 Å². The fourth-order valence-electron chi connectivity index (χ4n) is 5.42. The maximum atomic E-state index is 13.1. The number of rotatable bonds is 10. The summed E-state index contributed by atoms with van der Waals surface area (Å²) >= 11 is 0. The zero-order valence-electron chi connectivity index (χ0n) is 26.2. The molecule has 1 aliphatic rings. The van der Waals surface area contributed by atoms with Gasteiger partial charge in [-0.3, -0.25) is 9.69 Å². The van der Waals surface area contributed by atoms with Crippen LogP contribution >= 0.6 is 0 Å². The van der Waals surface area contributed by atoms with Crippen molar-refractivity contribution in [1.82, 2.24) is 19.8 Å². The molecule has 4 N–H and O–H groups in total. The second kappa shape index (κ2) is 14.3. The van der Waals surface area contributed by atoms with E-state index in [1.165, 1.54) is 5.56 Å². The molecule has 10 heteroatoms. The number of carbonyl (C=O) groups excluding carboxylic acids is 1. The number of hydrogen-bond acceptors (Lipinski definition) is 8. The minimum absolute atomic E-state index is 0.153. The molecular weight excluding hydrogens is 576 g/mol. The first kappa shape index (κ1) is 30.8. The van der Waals surface area contributed by atoms with Crippen molar-refractivity contribution in [3.8, 4) is 17.0 Å². The molecule has 0 aliphatic carbocycles. The Labute approximate surface area is 269 Å². The van der Waals surface area contributed by atoms with Gasteiger partial charge in [0.05, 0.1) is 11.3 Å². The van der Waals surface area contributed by atoms with E-state index < -0.39 is 0 Å². The van der Waals surface area contributed by atoms with Crippen molar-refractivity contribution in [3.63, 3.8) is 0 Å². The van der Waals surface area contributed by atoms with Crippen LogP contribution in [-0.2, 0) is 13.1 Å². The molecule has 0 radical (unpaired) electrons. The van der Waals surface area contributed by atoms with Gasteiger partial charge in [-0.15, -0.1) is 0 Å². The van der Waals surface area contributed by atoms with Crippen LogP contribution in [0.1, 0.15) is 27.0 Å². The molecule has 0 unspecified atom stereocenters. The molecule has 0 spiro atoms. The standard InChI is InChI=1S/C36H38N8O2/c1-26-5-12-31(39-35(45)29-10-6-27(7-11-29)23-43-20-18-42(2)19-21-43)22-34(26)41-36-38-16-15-33(40-36)30-4-3-17-44(25-30)24-28-8-13-32(46-37)14-9-28/h3-17,22,25H,18-21,23-24,37H2,1-2H3,(H-,38,39,40,41,45)/p+1. The number of nitrogens with zero attached hydrogens (tertiary/aromatic N) is 5. The number of hydrogen-bond donors (Lipinski definition) is 3. The molecule has 10 nitrogen and oxygen atoms in total. The number of anilines is 3. The Morgan fingerprint density at radius 2 is 1.72 bits per heavy atom. The van der Waals surface area contributed by atoms with Crippen molar-refractivity contribution in [2.75, 3.05) is 43.9 Å². The summed E-state index contributed by atoms with van der Waals surface area (Å²) < 4.78 is 2.10. The van der Waals surface area contributed by atoms with Crippen molar-refractivity contribution < 1.29 is 14.2 Å². The van der Waals surface area contributed by atoms with E-state index in [1.807, 2.05) is 98.0 Å². The van der Waals surface area contributed by atoms with Gasteiger partial charge in [-0.05, 0) is 85.8 Å². The summed E-state index contributed by atoms with van der Waals surface area (Å²) in [7, 11) is 2.16. The third kappa shape index (κ3) is 7.91. The molecule has 0 saturated carbocycles. The first-order valence-electron chi connectivity index (χ1n) is 15.4. The average Bonchev–Trinajstić information content (AvgIpc) is 3.08. The Kier molecular flexibility index (Phi) is 9.59. The van der Waals surface area contributed by atoms with Gasteiger partial charge in [0.1, 0.15) is 5.75 Å². The number of nitrogens with one attached hydrogen (secondary N) is 2. The molecule has 1 aliphatic heterocycles.